The smallest absolute Gasteiger partial charge is 0.231 e. The molecular weight excluding hydrogens is 202 g/mol. The van der Waals surface area contributed by atoms with Gasteiger partial charge in [-0.05, 0) is 42.6 Å². The summed E-state index contributed by atoms with van der Waals surface area (Å²) < 4.78 is 10.8. The molecule has 3 nitrogen and oxygen atoms in total. The van der Waals surface area contributed by atoms with Crippen molar-refractivity contribution in [3.8, 4) is 11.5 Å². The molecule has 0 fully saturated rings. The van der Waals surface area contributed by atoms with Gasteiger partial charge in [-0.3, -0.25) is 0 Å². The molecule has 0 unspecified atom stereocenters. The standard InChI is InChI=1S/C13H17NO2/c1-2-14-5-3-10-7-12-13(16-9-15-12)8-11(10)4-6-14/h7-8H,2-6,9H2,1H3. The Hall–Kier alpha value is -1.22. The molecule has 0 spiro atoms. The Morgan fingerprint density at radius 3 is 2.12 bits per heavy atom. The van der Waals surface area contributed by atoms with Crippen LogP contribution in [0.3, 0.4) is 0 Å². The Kier molecular flexibility index (Phi) is 2.48. The second-order valence-corrected chi connectivity index (χ2v) is 4.41. The number of rotatable bonds is 1. The van der Waals surface area contributed by atoms with Crippen LogP contribution in [0, 0.1) is 0 Å². The molecule has 0 saturated heterocycles. The van der Waals surface area contributed by atoms with Crippen molar-refractivity contribution in [2.24, 2.45) is 0 Å². The number of hydrogen-bond acceptors (Lipinski definition) is 3. The number of fused-ring (bicyclic) bond motifs is 2. The number of ether oxygens (including phenoxy) is 2. The molecule has 2 aliphatic rings. The van der Waals surface area contributed by atoms with E-state index in [1.165, 1.54) is 11.1 Å². The minimum atomic E-state index is 0.374. The van der Waals surface area contributed by atoms with Gasteiger partial charge in [-0.25, -0.2) is 0 Å². The first-order chi connectivity index (χ1) is 7.86. The number of likely N-dealkylation sites (N-methyl/N-ethyl adjacent to an activating group) is 1. The molecule has 1 aromatic carbocycles. The first-order valence-electron chi connectivity index (χ1n) is 6.00. The van der Waals surface area contributed by atoms with Crippen LogP contribution in [-0.4, -0.2) is 31.3 Å². The van der Waals surface area contributed by atoms with Gasteiger partial charge in [0.2, 0.25) is 6.79 Å². The molecule has 86 valence electrons. The van der Waals surface area contributed by atoms with E-state index < -0.39 is 0 Å². The number of benzene rings is 1. The summed E-state index contributed by atoms with van der Waals surface area (Å²) in [5.41, 5.74) is 2.86. The van der Waals surface area contributed by atoms with E-state index in [0.29, 0.717) is 6.79 Å². The largest absolute Gasteiger partial charge is 0.454 e. The molecule has 3 heteroatoms. The lowest BCUT2D eigenvalue weighted by molar-refractivity contribution is 0.174. The van der Waals surface area contributed by atoms with Crippen molar-refractivity contribution >= 4 is 0 Å². The third-order valence-electron chi connectivity index (χ3n) is 3.54. The van der Waals surface area contributed by atoms with Crippen LogP contribution in [0.15, 0.2) is 12.1 Å². The zero-order chi connectivity index (χ0) is 11.0. The second kappa shape index (κ2) is 3.98. The molecule has 1 aromatic rings. The zero-order valence-corrected chi connectivity index (χ0v) is 9.66. The van der Waals surface area contributed by atoms with Crippen LogP contribution in [0.25, 0.3) is 0 Å². The summed E-state index contributed by atoms with van der Waals surface area (Å²) >= 11 is 0. The topological polar surface area (TPSA) is 21.7 Å². The van der Waals surface area contributed by atoms with Crippen LogP contribution in [0.5, 0.6) is 11.5 Å². The summed E-state index contributed by atoms with van der Waals surface area (Å²) in [5.74, 6) is 1.84. The molecule has 0 radical (unpaired) electrons. The summed E-state index contributed by atoms with van der Waals surface area (Å²) in [4.78, 5) is 2.49. The lowest BCUT2D eigenvalue weighted by Gasteiger charge is -2.16. The highest BCUT2D eigenvalue weighted by atomic mass is 16.7. The van der Waals surface area contributed by atoms with E-state index in [4.69, 9.17) is 9.47 Å². The van der Waals surface area contributed by atoms with Gasteiger partial charge in [-0.2, -0.15) is 0 Å². The van der Waals surface area contributed by atoms with Crippen molar-refractivity contribution in [1.82, 2.24) is 4.90 Å². The molecule has 2 aliphatic heterocycles. The van der Waals surface area contributed by atoms with Gasteiger partial charge in [0, 0.05) is 13.1 Å². The van der Waals surface area contributed by atoms with E-state index in [1.54, 1.807) is 0 Å². The van der Waals surface area contributed by atoms with E-state index >= 15 is 0 Å². The van der Waals surface area contributed by atoms with Crippen LogP contribution in [-0.2, 0) is 12.8 Å². The van der Waals surface area contributed by atoms with E-state index in [-0.39, 0.29) is 0 Å². The molecule has 0 aliphatic carbocycles. The fourth-order valence-corrected chi connectivity index (χ4v) is 2.48. The molecule has 0 N–H and O–H groups in total. The van der Waals surface area contributed by atoms with Crippen molar-refractivity contribution in [2.75, 3.05) is 26.4 Å². The normalized spacial score (nSPS) is 19.3. The Morgan fingerprint density at radius 1 is 1.06 bits per heavy atom. The number of nitrogens with zero attached hydrogens (tertiary/aromatic N) is 1. The highest BCUT2D eigenvalue weighted by Crippen LogP contribution is 2.35. The summed E-state index contributed by atoms with van der Waals surface area (Å²) in [6, 6.07) is 4.33. The minimum Gasteiger partial charge on any atom is -0.454 e. The fraction of sp³-hybridized carbons (Fsp3) is 0.538. The third kappa shape index (κ3) is 1.65. The predicted octanol–water partition coefficient (Wildman–Crippen LogP) is 1.84. The average molecular weight is 219 g/mol. The van der Waals surface area contributed by atoms with E-state index in [1.807, 2.05) is 0 Å². The first-order valence-corrected chi connectivity index (χ1v) is 6.00. The lowest BCUT2D eigenvalue weighted by atomic mass is 10.0. The third-order valence-corrected chi connectivity index (χ3v) is 3.54. The van der Waals surface area contributed by atoms with Crippen molar-refractivity contribution in [3.05, 3.63) is 23.3 Å². The maximum Gasteiger partial charge on any atom is 0.231 e. The van der Waals surface area contributed by atoms with Gasteiger partial charge in [-0.1, -0.05) is 6.92 Å². The maximum absolute atomic E-state index is 5.42. The van der Waals surface area contributed by atoms with E-state index in [2.05, 4.69) is 24.0 Å². The quantitative estimate of drug-likeness (QED) is 0.719. The van der Waals surface area contributed by atoms with Crippen LogP contribution in [0.2, 0.25) is 0 Å². The molecule has 0 saturated carbocycles. The van der Waals surface area contributed by atoms with Gasteiger partial charge in [0.1, 0.15) is 0 Å². The predicted molar refractivity (Wildman–Crippen MR) is 62.1 cm³/mol. The molecule has 2 heterocycles. The van der Waals surface area contributed by atoms with E-state index in [9.17, 15) is 0 Å². The van der Waals surface area contributed by atoms with Crippen molar-refractivity contribution in [2.45, 2.75) is 19.8 Å². The molecule has 0 amide bonds. The van der Waals surface area contributed by atoms with Gasteiger partial charge >= 0.3 is 0 Å². The summed E-state index contributed by atoms with van der Waals surface area (Å²) in [6.45, 7) is 6.05. The molecule has 16 heavy (non-hydrogen) atoms. The summed E-state index contributed by atoms with van der Waals surface area (Å²) in [5, 5.41) is 0. The zero-order valence-electron chi connectivity index (χ0n) is 9.66. The second-order valence-electron chi connectivity index (χ2n) is 4.41. The van der Waals surface area contributed by atoms with Crippen molar-refractivity contribution < 1.29 is 9.47 Å². The number of hydrogen-bond donors (Lipinski definition) is 0. The summed E-state index contributed by atoms with van der Waals surface area (Å²) in [7, 11) is 0. The maximum atomic E-state index is 5.42. The van der Waals surface area contributed by atoms with Crippen LogP contribution < -0.4 is 9.47 Å². The van der Waals surface area contributed by atoms with Crippen LogP contribution >= 0.6 is 0 Å². The summed E-state index contributed by atoms with van der Waals surface area (Å²) in [6.07, 6.45) is 2.25. The average Bonchev–Trinajstić information content (AvgIpc) is 2.66. The van der Waals surface area contributed by atoms with Crippen LogP contribution in [0.4, 0.5) is 0 Å². The van der Waals surface area contributed by atoms with E-state index in [0.717, 1.165) is 44.0 Å². The van der Waals surface area contributed by atoms with Crippen LogP contribution in [0.1, 0.15) is 18.1 Å². The Balaban J connectivity index is 1.91. The van der Waals surface area contributed by atoms with Gasteiger partial charge in [-0.15, -0.1) is 0 Å². The van der Waals surface area contributed by atoms with Gasteiger partial charge in [0.05, 0.1) is 0 Å². The fourth-order valence-electron chi connectivity index (χ4n) is 2.48. The first kappa shape index (κ1) is 9.97. The van der Waals surface area contributed by atoms with Gasteiger partial charge < -0.3 is 14.4 Å². The Labute approximate surface area is 96.0 Å². The Morgan fingerprint density at radius 2 is 1.62 bits per heavy atom. The monoisotopic (exact) mass is 219 g/mol. The highest BCUT2D eigenvalue weighted by molar-refractivity contribution is 5.49. The highest BCUT2D eigenvalue weighted by Gasteiger charge is 2.19. The SMILES string of the molecule is CCN1CCc2cc3c(cc2CC1)OCO3. The molecule has 0 aromatic heterocycles. The van der Waals surface area contributed by atoms with Gasteiger partial charge in [0.25, 0.3) is 0 Å². The minimum absolute atomic E-state index is 0.374. The molecule has 3 rings (SSSR count). The Bertz CT molecular complexity index is 368. The van der Waals surface area contributed by atoms with Crippen molar-refractivity contribution in [1.29, 1.82) is 0 Å². The molecule has 0 atom stereocenters. The molecular formula is C13H17NO2. The van der Waals surface area contributed by atoms with Gasteiger partial charge in [0.15, 0.2) is 11.5 Å². The lowest BCUT2D eigenvalue weighted by Crippen LogP contribution is -2.25. The molecule has 0 bridgehead atoms. The van der Waals surface area contributed by atoms with Crippen molar-refractivity contribution in [3.63, 3.8) is 0 Å².